The van der Waals surface area contributed by atoms with Crippen LogP contribution in [0.3, 0.4) is 0 Å². The molecule has 2 aromatic carbocycles. The van der Waals surface area contributed by atoms with Gasteiger partial charge in [-0.1, -0.05) is 48.5 Å². The molecule has 3 aromatic rings. The second-order valence-corrected chi connectivity index (χ2v) is 4.72. The van der Waals surface area contributed by atoms with Crippen molar-refractivity contribution < 1.29 is 4.74 Å². The Labute approximate surface area is 129 Å². The highest BCUT2D eigenvalue weighted by atomic mass is 16.5. The molecule has 0 unspecified atom stereocenters. The highest BCUT2D eigenvalue weighted by Gasteiger charge is 2.01. The van der Waals surface area contributed by atoms with Gasteiger partial charge in [0.2, 0.25) is 0 Å². The SMILES string of the molecule is c1ccc(OCCNc2ccnc(-c3ccccc3)n2)cc1. The van der Waals surface area contributed by atoms with Crippen LogP contribution < -0.4 is 10.1 Å². The van der Waals surface area contributed by atoms with Crippen molar-refractivity contribution in [1.82, 2.24) is 9.97 Å². The van der Waals surface area contributed by atoms with Gasteiger partial charge in [-0.15, -0.1) is 0 Å². The molecule has 0 aliphatic rings. The minimum atomic E-state index is 0.578. The van der Waals surface area contributed by atoms with Gasteiger partial charge in [0, 0.05) is 11.8 Å². The number of nitrogens with one attached hydrogen (secondary N) is 1. The maximum absolute atomic E-state index is 5.64. The van der Waals surface area contributed by atoms with Gasteiger partial charge in [0.05, 0.1) is 6.54 Å². The Kier molecular flexibility index (Phi) is 4.62. The summed E-state index contributed by atoms with van der Waals surface area (Å²) in [5, 5.41) is 3.25. The van der Waals surface area contributed by atoms with Crippen molar-refractivity contribution >= 4 is 5.82 Å². The molecule has 0 aliphatic carbocycles. The maximum Gasteiger partial charge on any atom is 0.161 e. The van der Waals surface area contributed by atoms with E-state index in [1.54, 1.807) is 6.20 Å². The number of ether oxygens (including phenoxy) is 1. The van der Waals surface area contributed by atoms with E-state index in [1.165, 1.54) is 0 Å². The van der Waals surface area contributed by atoms with Crippen molar-refractivity contribution in [3.63, 3.8) is 0 Å². The lowest BCUT2D eigenvalue weighted by atomic mass is 10.2. The van der Waals surface area contributed by atoms with Crippen molar-refractivity contribution in [3.05, 3.63) is 72.9 Å². The summed E-state index contributed by atoms with van der Waals surface area (Å²) >= 11 is 0. The normalized spacial score (nSPS) is 10.2. The number of benzene rings is 2. The van der Waals surface area contributed by atoms with Crippen molar-refractivity contribution in [2.45, 2.75) is 0 Å². The Balaban J connectivity index is 1.55. The molecule has 4 heteroatoms. The van der Waals surface area contributed by atoms with Crippen molar-refractivity contribution in [3.8, 4) is 17.1 Å². The third-order valence-corrected chi connectivity index (χ3v) is 3.11. The second kappa shape index (κ2) is 7.22. The first-order valence-corrected chi connectivity index (χ1v) is 7.22. The molecule has 1 aromatic heterocycles. The van der Waals surface area contributed by atoms with Crippen LogP contribution in [0.2, 0.25) is 0 Å². The quantitative estimate of drug-likeness (QED) is 0.704. The fourth-order valence-corrected chi connectivity index (χ4v) is 2.05. The first-order chi connectivity index (χ1) is 10.9. The summed E-state index contributed by atoms with van der Waals surface area (Å²) in [6.07, 6.45) is 1.76. The van der Waals surface area contributed by atoms with E-state index in [1.807, 2.05) is 66.7 Å². The fourth-order valence-electron chi connectivity index (χ4n) is 2.05. The first kappa shape index (κ1) is 14.1. The summed E-state index contributed by atoms with van der Waals surface area (Å²) in [6, 6.07) is 21.6. The van der Waals surface area contributed by atoms with Gasteiger partial charge in [-0.05, 0) is 18.2 Å². The molecule has 0 spiro atoms. The fraction of sp³-hybridized carbons (Fsp3) is 0.111. The monoisotopic (exact) mass is 291 g/mol. The molecule has 0 bridgehead atoms. The van der Waals surface area contributed by atoms with Crippen LogP contribution in [0.25, 0.3) is 11.4 Å². The Bertz CT molecular complexity index is 702. The third kappa shape index (κ3) is 3.82. The summed E-state index contributed by atoms with van der Waals surface area (Å²) < 4.78 is 5.64. The third-order valence-electron chi connectivity index (χ3n) is 3.11. The van der Waals surface area contributed by atoms with Crippen LogP contribution in [0, 0.1) is 0 Å². The molecule has 0 atom stereocenters. The maximum atomic E-state index is 5.64. The Hall–Kier alpha value is -2.88. The average molecular weight is 291 g/mol. The van der Waals surface area contributed by atoms with Crippen molar-refractivity contribution in [2.75, 3.05) is 18.5 Å². The van der Waals surface area contributed by atoms with Gasteiger partial charge < -0.3 is 10.1 Å². The van der Waals surface area contributed by atoms with Gasteiger partial charge >= 0.3 is 0 Å². The highest BCUT2D eigenvalue weighted by Crippen LogP contribution is 2.15. The van der Waals surface area contributed by atoms with Crippen LogP contribution in [0.15, 0.2) is 72.9 Å². The van der Waals surface area contributed by atoms with Crippen molar-refractivity contribution in [1.29, 1.82) is 0 Å². The van der Waals surface area contributed by atoms with Crippen molar-refractivity contribution in [2.24, 2.45) is 0 Å². The minimum Gasteiger partial charge on any atom is -0.492 e. The van der Waals surface area contributed by atoms with Crippen LogP contribution in [0.1, 0.15) is 0 Å². The standard InChI is InChI=1S/C18H17N3O/c1-3-7-15(8-4-1)18-20-12-11-17(21-18)19-13-14-22-16-9-5-2-6-10-16/h1-12H,13-14H2,(H,19,20,21). The molecule has 0 radical (unpaired) electrons. The molecule has 0 fully saturated rings. The van der Waals surface area contributed by atoms with Gasteiger partial charge in [0.15, 0.2) is 5.82 Å². The smallest absolute Gasteiger partial charge is 0.161 e. The van der Waals surface area contributed by atoms with Gasteiger partial charge in [-0.3, -0.25) is 0 Å². The Morgan fingerprint density at radius 3 is 2.36 bits per heavy atom. The van der Waals surface area contributed by atoms with E-state index < -0.39 is 0 Å². The van der Waals surface area contributed by atoms with E-state index in [0.29, 0.717) is 13.2 Å². The van der Waals surface area contributed by atoms with Crippen LogP contribution >= 0.6 is 0 Å². The zero-order chi connectivity index (χ0) is 15.0. The average Bonchev–Trinajstić information content (AvgIpc) is 2.61. The van der Waals surface area contributed by atoms with E-state index in [0.717, 1.165) is 23.0 Å². The number of para-hydroxylation sites is 1. The summed E-state index contributed by atoms with van der Waals surface area (Å²) in [7, 11) is 0. The number of aromatic nitrogens is 2. The summed E-state index contributed by atoms with van der Waals surface area (Å²) in [5.74, 6) is 2.39. The number of nitrogens with zero attached hydrogens (tertiary/aromatic N) is 2. The molecule has 0 amide bonds. The van der Waals surface area contributed by atoms with Crippen LogP contribution in [-0.4, -0.2) is 23.1 Å². The molecule has 110 valence electrons. The molecule has 3 rings (SSSR count). The van der Waals surface area contributed by atoms with Gasteiger partial charge in [0.25, 0.3) is 0 Å². The van der Waals surface area contributed by atoms with E-state index in [4.69, 9.17) is 4.74 Å². The molecular formula is C18H17N3O. The summed E-state index contributed by atoms with van der Waals surface area (Å²) in [5.41, 5.74) is 1.01. The number of hydrogen-bond donors (Lipinski definition) is 1. The lowest BCUT2D eigenvalue weighted by molar-refractivity contribution is 0.333. The van der Waals surface area contributed by atoms with Crippen LogP contribution in [0.5, 0.6) is 5.75 Å². The number of anilines is 1. The topological polar surface area (TPSA) is 47.0 Å². The van der Waals surface area contributed by atoms with Gasteiger partial charge in [-0.2, -0.15) is 0 Å². The highest BCUT2D eigenvalue weighted by molar-refractivity contribution is 5.56. The van der Waals surface area contributed by atoms with Gasteiger partial charge in [-0.25, -0.2) is 9.97 Å². The van der Waals surface area contributed by atoms with Crippen LogP contribution in [0.4, 0.5) is 5.82 Å². The lowest BCUT2D eigenvalue weighted by Crippen LogP contribution is -2.12. The minimum absolute atomic E-state index is 0.578. The molecule has 4 nitrogen and oxygen atoms in total. The molecule has 0 saturated carbocycles. The molecule has 0 aliphatic heterocycles. The van der Waals surface area contributed by atoms with E-state index in [9.17, 15) is 0 Å². The number of rotatable bonds is 6. The molecule has 1 N–H and O–H groups in total. The zero-order valence-electron chi connectivity index (χ0n) is 12.1. The summed E-state index contributed by atoms with van der Waals surface area (Å²) in [4.78, 5) is 8.81. The summed E-state index contributed by atoms with van der Waals surface area (Å²) in [6.45, 7) is 1.26. The first-order valence-electron chi connectivity index (χ1n) is 7.22. The zero-order valence-corrected chi connectivity index (χ0v) is 12.1. The van der Waals surface area contributed by atoms with E-state index >= 15 is 0 Å². The lowest BCUT2D eigenvalue weighted by Gasteiger charge is -2.08. The molecular weight excluding hydrogens is 274 g/mol. The Morgan fingerprint density at radius 2 is 1.59 bits per heavy atom. The van der Waals surface area contributed by atoms with Gasteiger partial charge in [0.1, 0.15) is 18.2 Å². The van der Waals surface area contributed by atoms with E-state index in [2.05, 4.69) is 15.3 Å². The van der Waals surface area contributed by atoms with E-state index in [-0.39, 0.29) is 0 Å². The predicted molar refractivity (Wildman–Crippen MR) is 87.9 cm³/mol. The molecule has 0 saturated heterocycles. The number of hydrogen-bond acceptors (Lipinski definition) is 4. The Morgan fingerprint density at radius 1 is 0.864 bits per heavy atom. The van der Waals surface area contributed by atoms with Crippen LogP contribution in [-0.2, 0) is 0 Å². The largest absolute Gasteiger partial charge is 0.492 e. The molecule has 1 heterocycles. The second-order valence-electron chi connectivity index (χ2n) is 4.72. The molecule has 22 heavy (non-hydrogen) atoms. The predicted octanol–water partition coefficient (Wildman–Crippen LogP) is 3.63.